The molecule has 0 spiro atoms. The number of thioether (sulfide) groups is 1. The van der Waals surface area contributed by atoms with Crippen LogP contribution >= 0.6 is 11.8 Å². The molecule has 5 heteroatoms. The Hall–Kier alpha value is -1.04. The number of benzene rings is 1. The fourth-order valence-corrected chi connectivity index (χ4v) is 4.01. The normalized spacial score (nSPS) is 24.1. The van der Waals surface area contributed by atoms with Gasteiger partial charge in [-0.2, -0.15) is 0 Å². The summed E-state index contributed by atoms with van der Waals surface area (Å²) in [5, 5.41) is 6.37. The van der Waals surface area contributed by atoms with Crippen LogP contribution in [0.25, 0.3) is 0 Å². The Labute approximate surface area is 130 Å². The Balaban J connectivity index is 1.63. The molecule has 0 radical (unpaired) electrons. The van der Waals surface area contributed by atoms with E-state index in [1.165, 1.54) is 18.4 Å². The van der Waals surface area contributed by atoms with Crippen LogP contribution in [0.2, 0.25) is 0 Å². The molecule has 1 aromatic carbocycles. The van der Waals surface area contributed by atoms with Gasteiger partial charge in [-0.1, -0.05) is 30.3 Å². The third-order valence-corrected chi connectivity index (χ3v) is 5.21. The zero-order chi connectivity index (χ0) is 14.5. The van der Waals surface area contributed by atoms with Gasteiger partial charge in [0.2, 0.25) is 5.91 Å². The smallest absolute Gasteiger partial charge is 0.238 e. The van der Waals surface area contributed by atoms with E-state index in [9.17, 15) is 4.79 Å². The van der Waals surface area contributed by atoms with Gasteiger partial charge in [-0.25, -0.2) is 0 Å². The van der Waals surface area contributed by atoms with Gasteiger partial charge in [0.05, 0.1) is 12.1 Å². The topological polar surface area (TPSA) is 44.4 Å². The maximum absolute atomic E-state index is 12.2. The average Bonchev–Trinajstić information content (AvgIpc) is 3.22. The third kappa shape index (κ3) is 3.78. The zero-order valence-electron chi connectivity index (χ0n) is 12.3. The highest BCUT2D eigenvalue weighted by molar-refractivity contribution is 7.99. The second kappa shape index (κ2) is 7.29. The predicted octanol–water partition coefficient (Wildman–Crippen LogP) is 1.60. The van der Waals surface area contributed by atoms with Gasteiger partial charge in [-0.3, -0.25) is 15.0 Å². The number of hydrogen-bond donors (Lipinski definition) is 2. The van der Waals surface area contributed by atoms with Gasteiger partial charge in [0.25, 0.3) is 0 Å². The molecule has 3 rings (SSSR count). The van der Waals surface area contributed by atoms with Crippen LogP contribution in [0.1, 0.15) is 24.4 Å². The Morgan fingerprint density at radius 1 is 1.33 bits per heavy atom. The van der Waals surface area contributed by atoms with E-state index in [1.54, 1.807) is 11.8 Å². The highest BCUT2D eigenvalue weighted by atomic mass is 32.2. The van der Waals surface area contributed by atoms with E-state index >= 15 is 0 Å². The van der Waals surface area contributed by atoms with Crippen LogP contribution in [0.5, 0.6) is 0 Å². The minimum atomic E-state index is -0.0231. The van der Waals surface area contributed by atoms with Gasteiger partial charge in [-0.15, -0.1) is 11.8 Å². The molecule has 4 nitrogen and oxygen atoms in total. The van der Waals surface area contributed by atoms with Crippen molar-refractivity contribution in [2.75, 3.05) is 31.3 Å². The summed E-state index contributed by atoms with van der Waals surface area (Å²) in [6.45, 7) is 2.96. The summed E-state index contributed by atoms with van der Waals surface area (Å²) in [7, 11) is 0. The monoisotopic (exact) mass is 305 g/mol. The molecule has 2 N–H and O–H groups in total. The first kappa shape index (κ1) is 14.9. The van der Waals surface area contributed by atoms with Crippen LogP contribution in [-0.2, 0) is 4.79 Å². The summed E-state index contributed by atoms with van der Waals surface area (Å²) < 4.78 is 0. The number of hydrogen-bond acceptors (Lipinski definition) is 4. The van der Waals surface area contributed by atoms with Crippen LogP contribution in [0, 0.1) is 0 Å². The molecule has 2 atom stereocenters. The van der Waals surface area contributed by atoms with Gasteiger partial charge in [0.15, 0.2) is 0 Å². The van der Waals surface area contributed by atoms with Crippen LogP contribution in [0.15, 0.2) is 30.3 Å². The molecular formula is C16H23N3OS. The van der Waals surface area contributed by atoms with Crippen LogP contribution < -0.4 is 10.6 Å². The van der Waals surface area contributed by atoms with Crippen LogP contribution in [-0.4, -0.2) is 48.1 Å². The van der Waals surface area contributed by atoms with Crippen molar-refractivity contribution in [1.82, 2.24) is 15.5 Å². The fraction of sp³-hybridized carbons (Fsp3) is 0.562. The number of carbonyl (C=O) groups excluding carboxylic acids is 1. The molecule has 1 aromatic rings. The Bertz CT molecular complexity index is 456. The molecule has 0 saturated carbocycles. The molecule has 114 valence electrons. The molecule has 2 saturated heterocycles. The van der Waals surface area contributed by atoms with E-state index in [0.29, 0.717) is 12.6 Å². The zero-order valence-corrected chi connectivity index (χ0v) is 13.1. The standard InChI is InChI=1S/C16H23N3OS/c20-16(14-11-21-12-18-14)17-10-15(19-8-4-5-9-19)13-6-2-1-3-7-13/h1-3,6-7,14-15,18H,4-5,8-12H2,(H,17,20). The lowest BCUT2D eigenvalue weighted by Gasteiger charge is -2.28. The minimum Gasteiger partial charge on any atom is -0.353 e. The number of nitrogens with one attached hydrogen (secondary N) is 2. The molecule has 2 aliphatic rings. The van der Waals surface area contributed by atoms with E-state index in [1.807, 2.05) is 6.07 Å². The largest absolute Gasteiger partial charge is 0.353 e. The minimum absolute atomic E-state index is 0.0231. The van der Waals surface area contributed by atoms with Gasteiger partial charge in [-0.05, 0) is 31.5 Å². The molecule has 2 unspecified atom stereocenters. The summed E-state index contributed by atoms with van der Waals surface area (Å²) in [5.74, 6) is 1.90. The second-order valence-electron chi connectivity index (χ2n) is 5.69. The second-order valence-corrected chi connectivity index (χ2v) is 6.72. The number of carbonyl (C=O) groups is 1. The van der Waals surface area contributed by atoms with Crippen molar-refractivity contribution in [2.24, 2.45) is 0 Å². The summed E-state index contributed by atoms with van der Waals surface area (Å²) in [5.41, 5.74) is 1.30. The molecule has 1 amide bonds. The Kier molecular flexibility index (Phi) is 5.17. The highest BCUT2D eigenvalue weighted by Gasteiger charge is 2.26. The van der Waals surface area contributed by atoms with Gasteiger partial charge in [0, 0.05) is 18.2 Å². The summed E-state index contributed by atoms with van der Waals surface area (Å²) in [6.07, 6.45) is 2.52. The van der Waals surface area contributed by atoms with Crippen molar-refractivity contribution in [2.45, 2.75) is 24.9 Å². The Morgan fingerprint density at radius 2 is 2.10 bits per heavy atom. The Morgan fingerprint density at radius 3 is 2.76 bits per heavy atom. The SMILES string of the molecule is O=C(NCC(c1ccccc1)N1CCCC1)C1CSCN1. The molecule has 21 heavy (non-hydrogen) atoms. The molecule has 0 aliphatic carbocycles. The lowest BCUT2D eigenvalue weighted by Crippen LogP contribution is -2.45. The predicted molar refractivity (Wildman–Crippen MR) is 87.2 cm³/mol. The van der Waals surface area contributed by atoms with Crippen molar-refractivity contribution in [3.05, 3.63) is 35.9 Å². The molecule has 0 aromatic heterocycles. The van der Waals surface area contributed by atoms with Crippen molar-refractivity contribution in [1.29, 1.82) is 0 Å². The van der Waals surface area contributed by atoms with Gasteiger partial charge >= 0.3 is 0 Å². The van der Waals surface area contributed by atoms with E-state index in [2.05, 4.69) is 39.8 Å². The lowest BCUT2D eigenvalue weighted by atomic mass is 10.1. The fourth-order valence-electron chi connectivity index (χ4n) is 3.07. The van der Waals surface area contributed by atoms with Crippen LogP contribution in [0.3, 0.4) is 0 Å². The molecule has 2 fully saturated rings. The lowest BCUT2D eigenvalue weighted by molar-refractivity contribution is -0.122. The average molecular weight is 305 g/mol. The van der Waals surface area contributed by atoms with Gasteiger partial charge in [0.1, 0.15) is 0 Å². The van der Waals surface area contributed by atoms with Crippen molar-refractivity contribution < 1.29 is 4.79 Å². The molecule has 2 heterocycles. The number of amides is 1. The summed E-state index contributed by atoms with van der Waals surface area (Å²) in [4.78, 5) is 14.7. The quantitative estimate of drug-likeness (QED) is 0.867. The van der Waals surface area contributed by atoms with E-state index < -0.39 is 0 Å². The summed E-state index contributed by atoms with van der Waals surface area (Å²) >= 11 is 1.78. The maximum atomic E-state index is 12.2. The van der Waals surface area contributed by atoms with E-state index in [4.69, 9.17) is 0 Å². The maximum Gasteiger partial charge on any atom is 0.238 e. The first-order valence-electron chi connectivity index (χ1n) is 7.72. The highest BCUT2D eigenvalue weighted by Crippen LogP contribution is 2.24. The van der Waals surface area contributed by atoms with E-state index in [0.717, 1.165) is 24.7 Å². The van der Waals surface area contributed by atoms with E-state index in [-0.39, 0.29) is 11.9 Å². The third-order valence-electron chi connectivity index (χ3n) is 4.27. The van der Waals surface area contributed by atoms with Gasteiger partial charge < -0.3 is 5.32 Å². The molecule has 2 aliphatic heterocycles. The van der Waals surface area contributed by atoms with Crippen LogP contribution in [0.4, 0.5) is 0 Å². The molecular weight excluding hydrogens is 282 g/mol. The van der Waals surface area contributed by atoms with Crippen molar-refractivity contribution in [3.8, 4) is 0 Å². The number of likely N-dealkylation sites (tertiary alicyclic amines) is 1. The number of nitrogens with zero attached hydrogens (tertiary/aromatic N) is 1. The number of rotatable bonds is 5. The van der Waals surface area contributed by atoms with Crippen molar-refractivity contribution in [3.63, 3.8) is 0 Å². The first-order chi connectivity index (χ1) is 10.3. The summed E-state index contributed by atoms with van der Waals surface area (Å²) in [6, 6.07) is 10.8. The molecule has 0 bridgehead atoms. The van der Waals surface area contributed by atoms with Crippen molar-refractivity contribution >= 4 is 17.7 Å². The first-order valence-corrected chi connectivity index (χ1v) is 8.88.